The van der Waals surface area contributed by atoms with Gasteiger partial charge in [-0.25, -0.2) is 0 Å². The van der Waals surface area contributed by atoms with Gasteiger partial charge in [-0.15, -0.1) is 0 Å². The SMILES string of the molecule is CC(C)CC(=O)CC1CCN(C(=O)C(C)(C)C(C)C)CC1. The lowest BCUT2D eigenvalue weighted by Gasteiger charge is -2.38. The number of hydrogen-bond donors (Lipinski definition) is 0. The van der Waals surface area contributed by atoms with Crippen LogP contribution in [0.3, 0.4) is 0 Å². The first-order valence-corrected chi connectivity index (χ1v) is 8.45. The number of amides is 1. The molecule has 0 unspecified atom stereocenters. The van der Waals surface area contributed by atoms with E-state index in [-0.39, 0.29) is 11.3 Å². The Labute approximate surface area is 130 Å². The predicted molar refractivity (Wildman–Crippen MR) is 87.0 cm³/mol. The summed E-state index contributed by atoms with van der Waals surface area (Å²) in [6, 6.07) is 0. The van der Waals surface area contributed by atoms with Gasteiger partial charge in [-0.05, 0) is 30.6 Å². The minimum absolute atomic E-state index is 0.268. The first-order valence-electron chi connectivity index (χ1n) is 8.45. The Morgan fingerprint density at radius 2 is 1.62 bits per heavy atom. The molecule has 0 N–H and O–H groups in total. The summed E-state index contributed by atoms with van der Waals surface area (Å²) in [5.74, 6) is 1.92. The molecule has 1 aliphatic rings. The Hall–Kier alpha value is -0.860. The monoisotopic (exact) mass is 295 g/mol. The third kappa shape index (κ3) is 5.12. The lowest BCUT2D eigenvalue weighted by Crippen LogP contribution is -2.47. The van der Waals surface area contributed by atoms with Gasteiger partial charge in [0.25, 0.3) is 0 Å². The number of Topliss-reactive ketones (excluding diaryl/α,β-unsaturated/α-hetero) is 1. The first-order chi connectivity index (χ1) is 9.64. The second-order valence-electron chi connectivity index (χ2n) is 7.95. The molecule has 0 aliphatic carbocycles. The molecular weight excluding hydrogens is 262 g/mol. The molecule has 21 heavy (non-hydrogen) atoms. The van der Waals surface area contributed by atoms with E-state index in [1.54, 1.807) is 0 Å². The number of likely N-dealkylation sites (tertiary alicyclic amines) is 1. The van der Waals surface area contributed by atoms with Crippen LogP contribution < -0.4 is 0 Å². The predicted octanol–water partition coefficient (Wildman–Crippen LogP) is 3.91. The van der Waals surface area contributed by atoms with Crippen molar-refractivity contribution in [2.24, 2.45) is 23.2 Å². The molecule has 1 rings (SSSR count). The van der Waals surface area contributed by atoms with Gasteiger partial charge >= 0.3 is 0 Å². The van der Waals surface area contributed by atoms with Gasteiger partial charge in [0, 0.05) is 31.3 Å². The molecule has 0 aromatic rings. The second-order valence-corrected chi connectivity index (χ2v) is 7.95. The van der Waals surface area contributed by atoms with Gasteiger partial charge in [0.15, 0.2) is 0 Å². The number of ketones is 1. The summed E-state index contributed by atoms with van der Waals surface area (Å²) in [7, 11) is 0. The topological polar surface area (TPSA) is 37.4 Å². The molecule has 3 heteroatoms. The van der Waals surface area contributed by atoms with Gasteiger partial charge in [0.1, 0.15) is 5.78 Å². The van der Waals surface area contributed by atoms with Crippen LogP contribution in [-0.2, 0) is 9.59 Å². The van der Waals surface area contributed by atoms with Crippen LogP contribution in [0.25, 0.3) is 0 Å². The summed E-state index contributed by atoms with van der Waals surface area (Å²) >= 11 is 0. The second kappa shape index (κ2) is 7.42. The number of piperidine rings is 1. The van der Waals surface area contributed by atoms with Gasteiger partial charge in [-0.3, -0.25) is 9.59 Å². The van der Waals surface area contributed by atoms with E-state index in [0.29, 0.717) is 36.4 Å². The van der Waals surface area contributed by atoms with Crippen molar-refractivity contribution in [2.75, 3.05) is 13.1 Å². The molecule has 1 saturated heterocycles. The zero-order chi connectivity index (χ0) is 16.2. The number of hydrogen-bond acceptors (Lipinski definition) is 2. The quantitative estimate of drug-likeness (QED) is 0.745. The van der Waals surface area contributed by atoms with Gasteiger partial charge in [0.05, 0.1) is 0 Å². The molecule has 0 spiro atoms. The number of carbonyl (C=O) groups is 2. The minimum Gasteiger partial charge on any atom is -0.342 e. The van der Waals surface area contributed by atoms with Crippen LogP contribution >= 0.6 is 0 Å². The molecule has 122 valence electrons. The summed E-state index contributed by atoms with van der Waals surface area (Å²) in [4.78, 5) is 26.5. The lowest BCUT2D eigenvalue weighted by molar-refractivity contribution is -0.144. The van der Waals surface area contributed by atoms with E-state index < -0.39 is 0 Å². The molecule has 1 heterocycles. The van der Waals surface area contributed by atoms with Crippen molar-refractivity contribution in [1.82, 2.24) is 4.90 Å². The van der Waals surface area contributed by atoms with E-state index in [1.165, 1.54) is 0 Å². The fourth-order valence-electron chi connectivity index (χ4n) is 2.86. The van der Waals surface area contributed by atoms with Crippen molar-refractivity contribution in [1.29, 1.82) is 0 Å². The minimum atomic E-state index is -0.291. The van der Waals surface area contributed by atoms with Crippen LogP contribution in [0.2, 0.25) is 0 Å². The van der Waals surface area contributed by atoms with Gasteiger partial charge in [-0.2, -0.15) is 0 Å². The van der Waals surface area contributed by atoms with Gasteiger partial charge < -0.3 is 4.90 Å². The van der Waals surface area contributed by atoms with Crippen LogP contribution in [0.5, 0.6) is 0 Å². The largest absolute Gasteiger partial charge is 0.342 e. The van der Waals surface area contributed by atoms with E-state index in [1.807, 2.05) is 18.7 Å². The highest BCUT2D eigenvalue weighted by molar-refractivity contribution is 5.82. The molecule has 0 aromatic heterocycles. The molecule has 1 aliphatic heterocycles. The Kier molecular flexibility index (Phi) is 6.42. The molecule has 0 aromatic carbocycles. The number of nitrogens with zero attached hydrogens (tertiary/aromatic N) is 1. The summed E-state index contributed by atoms with van der Waals surface area (Å²) < 4.78 is 0. The molecule has 0 radical (unpaired) electrons. The lowest BCUT2D eigenvalue weighted by atomic mass is 9.79. The van der Waals surface area contributed by atoms with E-state index in [4.69, 9.17) is 0 Å². The molecule has 0 saturated carbocycles. The molecule has 1 amide bonds. The van der Waals surface area contributed by atoms with Gasteiger partial charge in [-0.1, -0.05) is 41.5 Å². The highest BCUT2D eigenvalue weighted by Gasteiger charge is 2.36. The smallest absolute Gasteiger partial charge is 0.228 e. The van der Waals surface area contributed by atoms with E-state index in [0.717, 1.165) is 25.9 Å². The third-order valence-electron chi connectivity index (χ3n) is 5.05. The summed E-state index contributed by atoms with van der Waals surface area (Å²) in [6.07, 6.45) is 3.35. The fraction of sp³-hybridized carbons (Fsp3) is 0.889. The normalized spacial score (nSPS) is 17.6. The first kappa shape index (κ1) is 18.2. The average molecular weight is 295 g/mol. The maximum absolute atomic E-state index is 12.6. The molecule has 1 fully saturated rings. The molecular formula is C18H33NO2. The fourth-order valence-corrected chi connectivity index (χ4v) is 2.86. The van der Waals surface area contributed by atoms with Crippen molar-refractivity contribution in [3.63, 3.8) is 0 Å². The van der Waals surface area contributed by atoms with E-state index in [2.05, 4.69) is 27.7 Å². The average Bonchev–Trinajstić information content (AvgIpc) is 2.37. The zero-order valence-electron chi connectivity index (χ0n) is 14.7. The Balaban J connectivity index is 2.45. The van der Waals surface area contributed by atoms with Crippen LogP contribution in [0.1, 0.15) is 67.2 Å². The van der Waals surface area contributed by atoms with E-state index >= 15 is 0 Å². The maximum atomic E-state index is 12.6. The van der Waals surface area contributed by atoms with E-state index in [9.17, 15) is 9.59 Å². The standard InChI is InChI=1S/C18H33NO2/c1-13(2)11-16(20)12-15-7-9-19(10-8-15)17(21)18(5,6)14(3)4/h13-15H,7-12H2,1-6H3. The third-order valence-corrected chi connectivity index (χ3v) is 5.05. The maximum Gasteiger partial charge on any atom is 0.228 e. The van der Waals surface area contributed by atoms with Crippen molar-refractivity contribution >= 4 is 11.7 Å². The molecule has 3 nitrogen and oxygen atoms in total. The summed E-state index contributed by atoms with van der Waals surface area (Å²) in [6.45, 7) is 14.1. The van der Waals surface area contributed by atoms with Crippen LogP contribution in [0, 0.1) is 23.2 Å². The zero-order valence-corrected chi connectivity index (χ0v) is 14.7. The number of rotatable bonds is 6. The highest BCUT2D eigenvalue weighted by Crippen LogP contribution is 2.31. The number of carbonyl (C=O) groups excluding carboxylic acids is 2. The molecule has 0 bridgehead atoms. The van der Waals surface area contributed by atoms with Crippen LogP contribution in [-0.4, -0.2) is 29.7 Å². The van der Waals surface area contributed by atoms with Crippen LogP contribution in [0.4, 0.5) is 0 Å². The Morgan fingerprint density at radius 1 is 1.10 bits per heavy atom. The van der Waals surface area contributed by atoms with Crippen LogP contribution in [0.15, 0.2) is 0 Å². The Morgan fingerprint density at radius 3 is 2.05 bits per heavy atom. The summed E-state index contributed by atoms with van der Waals surface area (Å²) in [5.41, 5.74) is -0.291. The van der Waals surface area contributed by atoms with Crippen molar-refractivity contribution in [3.05, 3.63) is 0 Å². The Bertz CT molecular complexity index is 363. The van der Waals surface area contributed by atoms with Gasteiger partial charge in [0.2, 0.25) is 5.91 Å². The van der Waals surface area contributed by atoms with Crippen molar-refractivity contribution in [2.45, 2.75) is 67.2 Å². The van der Waals surface area contributed by atoms with Crippen molar-refractivity contribution in [3.8, 4) is 0 Å². The van der Waals surface area contributed by atoms with Crippen molar-refractivity contribution < 1.29 is 9.59 Å². The highest BCUT2D eigenvalue weighted by atomic mass is 16.2. The summed E-state index contributed by atoms with van der Waals surface area (Å²) in [5, 5.41) is 0. The molecule has 0 atom stereocenters.